The summed E-state index contributed by atoms with van der Waals surface area (Å²) >= 11 is 0. The lowest BCUT2D eigenvalue weighted by molar-refractivity contribution is -0.155. The monoisotopic (exact) mass is 787 g/mol. The summed E-state index contributed by atoms with van der Waals surface area (Å²) in [6.07, 6.45) is -1.29. The van der Waals surface area contributed by atoms with Gasteiger partial charge in [0, 0.05) is 31.8 Å². The van der Waals surface area contributed by atoms with Crippen LogP contribution in [0.25, 0.3) is 0 Å². The quantitative estimate of drug-likeness (QED) is 0.126. The van der Waals surface area contributed by atoms with Crippen molar-refractivity contribution < 1.29 is 51.8 Å². The molecule has 4 N–H and O–H groups in total. The second-order valence-corrected chi connectivity index (χ2v) is 15.0. The summed E-state index contributed by atoms with van der Waals surface area (Å²) in [5, 5.41) is 9.57. The molecule has 1 aliphatic rings. The van der Waals surface area contributed by atoms with Gasteiger partial charge in [0.2, 0.25) is 29.9 Å². The van der Waals surface area contributed by atoms with Crippen LogP contribution in [0.5, 0.6) is 0 Å². The van der Waals surface area contributed by atoms with E-state index >= 15 is 0 Å². The summed E-state index contributed by atoms with van der Waals surface area (Å²) in [6, 6.07) is 3.31. The number of aromatic nitrogens is 2. The number of ether oxygens (including phenoxy) is 2. The number of halogens is 2. The first kappa shape index (κ1) is 45.0. The predicted octanol–water partition coefficient (Wildman–Crippen LogP) is 1.73. The number of hydrogen-bond donors (Lipinski definition) is 4. The van der Waals surface area contributed by atoms with Crippen molar-refractivity contribution in [3.63, 3.8) is 0 Å². The van der Waals surface area contributed by atoms with Gasteiger partial charge in [-0.15, -0.1) is 0 Å². The molecule has 16 nitrogen and oxygen atoms in total. The molecule has 0 radical (unpaired) electrons. The van der Waals surface area contributed by atoms with Gasteiger partial charge in [0.25, 0.3) is 11.8 Å². The first-order valence-corrected chi connectivity index (χ1v) is 18.2. The molecular weight excluding hydrogens is 736 g/mol. The number of ketones is 1. The largest absolute Gasteiger partial charge is 0.459 e. The number of alkyl halides is 2. The van der Waals surface area contributed by atoms with E-state index in [0.717, 1.165) is 10.5 Å². The molecule has 2 heterocycles. The number of benzene rings is 1. The van der Waals surface area contributed by atoms with Gasteiger partial charge in [-0.3, -0.25) is 38.5 Å². The number of hydrogen-bond acceptors (Lipinski definition) is 11. The molecule has 1 aromatic carbocycles. The number of nitrogens with zero attached hydrogens (tertiary/aromatic N) is 3. The molecule has 18 heteroatoms. The van der Waals surface area contributed by atoms with Crippen LogP contribution >= 0.6 is 0 Å². The predicted molar refractivity (Wildman–Crippen MR) is 196 cm³/mol. The van der Waals surface area contributed by atoms with Crippen molar-refractivity contribution >= 4 is 41.3 Å². The average Bonchev–Trinajstić information content (AvgIpc) is 3.57. The Bertz CT molecular complexity index is 1690. The van der Waals surface area contributed by atoms with Crippen molar-refractivity contribution in [1.29, 1.82) is 0 Å². The van der Waals surface area contributed by atoms with E-state index in [2.05, 4.69) is 25.9 Å². The molecular formula is C38H51F2N7O9. The molecule has 0 aliphatic carbocycles. The van der Waals surface area contributed by atoms with Crippen molar-refractivity contribution in [2.45, 2.75) is 110 Å². The van der Waals surface area contributed by atoms with Crippen molar-refractivity contribution in [3.8, 4) is 0 Å². The Morgan fingerprint density at radius 3 is 2.14 bits per heavy atom. The second kappa shape index (κ2) is 20.5. The van der Waals surface area contributed by atoms with Crippen LogP contribution in [-0.4, -0.2) is 112 Å². The van der Waals surface area contributed by atoms with Crippen molar-refractivity contribution in [1.82, 2.24) is 36.1 Å². The number of carbonyl (C=O) groups excluding carboxylic acids is 7. The summed E-state index contributed by atoms with van der Waals surface area (Å²) in [5.41, 5.74) is -0.125. The molecule has 1 fully saturated rings. The molecule has 0 unspecified atom stereocenters. The molecule has 3 rings (SSSR count). The summed E-state index contributed by atoms with van der Waals surface area (Å²) < 4.78 is 38.6. The van der Waals surface area contributed by atoms with Crippen LogP contribution in [0.2, 0.25) is 0 Å². The number of esters is 1. The number of rotatable bonds is 18. The maximum atomic E-state index is 14.3. The van der Waals surface area contributed by atoms with Crippen LogP contribution in [0.3, 0.4) is 0 Å². The highest BCUT2D eigenvalue weighted by atomic mass is 19.3. The molecule has 2 aromatic rings. The van der Waals surface area contributed by atoms with Crippen molar-refractivity contribution in [2.75, 3.05) is 13.1 Å². The minimum absolute atomic E-state index is 0.0287. The minimum Gasteiger partial charge on any atom is -0.459 e. The Morgan fingerprint density at radius 2 is 1.57 bits per heavy atom. The highest BCUT2D eigenvalue weighted by Gasteiger charge is 2.45. The van der Waals surface area contributed by atoms with Crippen LogP contribution in [0.4, 0.5) is 8.78 Å². The van der Waals surface area contributed by atoms with Gasteiger partial charge in [-0.25, -0.2) is 13.8 Å². The third-order valence-corrected chi connectivity index (χ3v) is 8.52. The van der Waals surface area contributed by atoms with Gasteiger partial charge >= 0.3 is 5.97 Å². The lowest BCUT2D eigenvalue weighted by Crippen LogP contribution is -2.60. The van der Waals surface area contributed by atoms with E-state index in [1.54, 1.807) is 60.6 Å². The highest BCUT2D eigenvalue weighted by molar-refractivity contribution is 6.38. The standard InChI is InChI=1S/C38H51F2N7O9/c1-21(2)30(45-33(50)26-17-41-13-14-42-26)35(52)46-31(22(3)4)37(54)47-19-24(55-20-23-11-9-8-10-12-23)15-27(47)34(51)44-25(16-28(39)40)32(49)36(53)43-18-29(48)56-38(5,6)7/h8-14,17,21-22,24-25,27-28,30-31H,15-16,18-20H2,1-7H3,(H,43,53)(H,44,51)(H,45,50)(H,46,52)/t24-,25+,27+,30+,31+/m1/s1. The molecule has 1 aliphatic heterocycles. The zero-order chi connectivity index (χ0) is 41.7. The number of amides is 5. The van der Waals surface area contributed by atoms with E-state index in [1.807, 2.05) is 23.5 Å². The van der Waals surface area contributed by atoms with Gasteiger partial charge in [0.05, 0.1) is 18.9 Å². The van der Waals surface area contributed by atoms with Gasteiger partial charge in [-0.1, -0.05) is 58.0 Å². The maximum Gasteiger partial charge on any atom is 0.325 e. The van der Waals surface area contributed by atoms with Gasteiger partial charge in [0.1, 0.15) is 42.0 Å². The molecule has 1 aromatic heterocycles. The van der Waals surface area contributed by atoms with E-state index in [1.165, 1.54) is 18.6 Å². The van der Waals surface area contributed by atoms with Crippen LogP contribution in [0.15, 0.2) is 48.9 Å². The zero-order valence-electron chi connectivity index (χ0n) is 32.5. The normalized spacial score (nSPS) is 17.2. The topological polar surface area (TPSA) is 215 Å². The average molecular weight is 788 g/mol. The molecule has 56 heavy (non-hydrogen) atoms. The van der Waals surface area contributed by atoms with E-state index in [-0.39, 0.29) is 25.3 Å². The van der Waals surface area contributed by atoms with E-state index in [9.17, 15) is 42.3 Å². The third kappa shape index (κ3) is 13.7. The highest BCUT2D eigenvalue weighted by Crippen LogP contribution is 2.25. The van der Waals surface area contributed by atoms with Gasteiger partial charge < -0.3 is 35.6 Å². The van der Waals surface area contributed by atoms with Crippen LogP contribution in [-0.2, 0) is 44.8 Å². The molecule has 0 saturated carbocycles. The summed E-state index contributed by atoms with van der Waals surface area (Å²) in [6.45, 7) is 10.7. The number of Topliss-reactive ketones (excluding diaryl/α,β-unsaturated/α-hetero) is 1. The first-order chi connectivity index (χ1) is 26.3. The lowest BCUT2D eigenvalue weighted by Gasteiger charge is -2.32. The number of carbonyl (C=O) groups is 7. The van der Waals surface area contributed by atoms with E-state index < -0.39 is 108 Å². The lowest BCUT2D eigenvalue weighted by atomic mass is 9.98. The van der Waals surface area contributed by atoms with Crippen molar-refractivity contribution in [2.24, 2.45) is 11.8 Å². The molecule has 0 bridgehead atoms. The zero-order valence-corrected chi connectivity index (χ0v) is 32.5. The number of likely N-dealkylation sites (tertiary alicyclic amines) is 1. The third-order valence-electron chi connectivity index (χ3n) is 8.52. The van der Waals surface area contributed by atoms with Gasteiger partial charge in [-0.2, -0.15) is 0 Å². The molecule has 0 spiro atoms. The Labute approximate surface area is 324 Å². The van der Waals surface area contributed by atoms with E-state index in [0.29, 0.717) is 0 Å². The Kier molecular flexibility index (Phi) is 16.5. The maximum absolute atomic E-state index is 14.3. The fourth-order valence-corrected chi connectivity index (χ4v) is 5.75. The van der Waals surface area contributed by atoms with Crippen LogP contribution in [0.1, 0.15) is 77.4 Å². The smallest absolute Gasteiger partial charge is 0.325 e. The van der Waals surface area contributed by atoms with Crippen LogP contribution in [0, 0.1) is 11.8 Å². The molecule has 5 atom stereocenters. The first-order valence-electron chi connectivity index (χ1n) is 18.2. The summed E-state index contributed by atoms with van der Waals surface area (Å²) in [7, 11) is 0. The van der Waals surface area contributed by atoms with E-state index in [4.69, 9.17) is 9.47 Å². The Balaban J connectivity index is 1.85. The second-order valence-electron chi connectivity index (χ2n) is 15.0. The molecule has 5 amide bonds. The van der Waals surface area contributed by atoms with Gasteiger partial charge in [0.15, 0.2) is 0 Å². The van der Waals surface area contributed by atoms with Gasteiger partial charge in [-0.05, 0) is 38.2 Å². The SMILES string of the molecule is CC(C)[C@H](NC(=O)c1cnccn1)C(=O)N[C@H](C(=O)N1C[C@H](OCc2ccccc2)C[C@H]1C(=O)N[C@@H](CC(F)F)C(=O)C(=O)NCC(=O)OC(C)(C)C)C(C)C. The molecule has 306 valence electrons. The summed E-state index contributed by atoms with van der Waals surface area (Å²) in [4.78, 5) is 102. The number of nitrogens with one attached hydrogen (secondary N) is 4. The minimum atomic E-state index is -3.13. The Hall–Kier alpha value is -5.39. The van der Waals surface area contributed by atoms with Crippen LogP contribution < -0.4 is 21.3 Å². The van der Waals surface area contributed by atoms with Crippen molar-refractivity contribution in [3.05, 3.63) is 60.2 Å². The molecule has 1 saturated heterocycles. The fraction of sp³-hybridized carbons (Fsp3) is 0.553. The summed E-state index contributed by atoms with van der Waals surface area (Å²) in [5.74, 6) is -7.81. The fourth-order valence-electron chi connectivity index (χ4n) is 5.75. The Morgan fingerprint density at radius 1 is 0.911 bits per heavy atom.